The molecule has 0 aliphatic rings. The van der Waals surface area contributed by atoms with Crippen LogP contribution in [-0.4, -0.2) is 51.0 Å². The zero-order chi connectivity index (χ0) is 31.6. The van der Waals surface area contributed by atoms with E-state index in [1.54, 1.807) is 27.7 Å². The van der Waals surface area contributed by atoms with Gasteiger partial charge in [0, 0.05) is 18.4 Å². The van der Waals surface area contributed by atoms with Gasteiger partial charge in [-0.1, -0.05) is 52.2 Å². The molecule has 0 spiro atoms. The number of rotatable bonds is 17. The molecule has 0 aliphatic heterocycles. The summed E-state index contributed by atoms with van der Waals surface area (Å²) in [5, 5.41) is 8.43. The van der Waals surface area contributed by atoms with Gasteiger partial charge in [-0.2, -0.15) is 0 Å². The Labute approximate surface area is 242 Å². The Hall–Kier alpha value is -2.95. The van der Waals surface area contributed by atoms with Gasteiger partial charge in [0.15, 0.2) is 0 Å². The molecule has 3 unspecified atom stereocenters. The lowest BCUT2D eigenvalue weighted by molar-refractivity contribution is -0.136. The molecule has 0 saturated heterocycles. The van der Waals surface area contributed by atoms with Crippen LogP contribution in [0.4, 0.5) is 0 Å². The number of carbonyl (C=O) groups excluding carboxylic acids is 4. The number of carbonyl (C=O) groups is 4. The number of benzene rings is 1. The number of hydrogen-bond donors (Lipinski definition) is 6. The molecule has 0 fully saturated rings. The molecule has 1 rings (SSSR count). The van der Waals surface area contributed by atoms with Crippen molar-refractivity contribution in [3.8, 4) is 5.75 Å². The topological polar surface area (TPSA) is 197 Å². The lowest BCUT2D eigenvalue weighted by Crippen LogP contribution is -2.63. The van der Waals surface area contributed by atoms with Crippen LogP contribution in [0.5, 0.6) is 5.75 Å². The highest BCUT2D eigenvalue weighted by Gasteiger charge is 2.44. The van der Waals surface area contributed by atoms with E-state index in [1.807, 2.05) is 20.8 Å². The van der Waals surface area contributed by atoms with E-state index < -0.39 is 48.6 Å². The zero-order valence-electron chi connectivity index (χ0n) is 25.2. The third-order valence-electron chi connectivity index (χ3n) is 7.65. The third kappa shape index (κ3) is 11.4. The minimum absolute atomic E-state index is 0.0522. The first-order valence-electron chi connectivity index (χ1n) is 13.9. The highest BCUT2D eigenvalue weighted by Crippen LogP contribution is 2.37. The molecule has 0 aromatic heterocycles. The smallest absolute Gasteiger partial charge is 0.404 e. The highest BCUT2D eigenvalue weighted by atomic mass is 31.2. The van der Waals surface area contributed by atoms with Crippen molar-refractivity contribution >= 4 is 31.5 Å². The van der Waals surface area contributed by atoms with Crippen LogP contribution in [0, 0.1) is 11.3 Å². The van der Waals surface area contributed by atoms with E-state index >= 15 is 0 Å². The van der Waals surface area contributed by atoms with E-state index in [0.717, 1.165) is 12.8 Å². The van der Waals surface area contributed by atoms with Crippen LogP contribution in [0.15, 0.2) is 24.3 Å². The summed E-state index contributed by atoms with van der Waals surface area (Å²) in [6.07, 6.45) is 3.30. The summed E-state index contributed by atoms with van der Waals surface area (Å²) in [6.45, 7) is 12.3. The lowest BCUT2D eigenvalue weighted by Gasteiger charge is -2.41. The predicted octanol–water partition coefficient (Wildman–Crippen LogP) is 2.70. The molecule has 3 atom stereocenters. The summed E-state index contributed by atoms with van der Waals surface area (Å²) < 4.78 is 15.7. The number of phosphoric acid groups is 1. The second-order valence-electron chi connectivity index (χ2n) is 11.5. The minimum Gasteiger partial charge on any atom is -0.404 e. The fraction of sp³-hybridized carbons (Fsp3) is 0.643. The number of unbranched alkanes of at least 4 members (excludes halogenated alkanes) is 2. The van der Waals surface area contributed by atoms with Crippen molar-refractivity contribution < 1.29 is 38.1 Å². The van der Waals surface area contributed by atoms with Gasteiger partial charge in [-0.05, 0) is 57.7 Å². The van der Waals surface area contributed by atoms with E-state index in [1.165, 1.54) is 24.3 Å². The molecule has 12 nitrogen and oxygen atoms in total. The SMILES string of the molecule is CCCCCC(=O)NC(Cc1ccc(OP(=O)(O)O)cc1)C(=O)NC(C(=O)NC(C)(C)C(C)(C)C(N)=O)C(C)CC. The molecule has 1 aromatic rings. The molecule has 4 amide bonds. The van der Waals surface area contributed by atoms with Crippen LogP contribution in [0.3, 0.4) is 0 Å². The van der Waals surface area contributed by atoms with Gasteiger partial charge < -0.3 is 26.2 Å². The molecular formula is C28H47N4O8P. The molecule has 0 heterocycles. The van der Waals surface area contributed by atoms with Crippen LogP contribution in [0.2, 0.25) is 0 Å². The maximum atomic E-state index is 13.6. The van der Waals surface area contributed by atoms with Crippen molar-refractivity contribution in [1.29, 1.82) is 0 Å². The summed E-state index contributed by atoms with van der Waals surface area (Å²) in [4.78, 5) is 69.8. The average Bonchev–Trinajstić information content (AvgIpc) is 2.86. The molecule has 232 valence electrons. The van der Waals surface area contributed by atoms with E-state index in [4.69, 9.17) is 15.5 Å². The fourth-order valence-electron chi connectivity index (χ4n) is 3.88. The molecule has 1 aromatic carbocycles. The number of phosphoric ester groups is 1. The molecule has 7 N–H and O–H groups in total. The quantitative estimate of drug-likeness (QED) is 0.116. The first-order chi connectivity index (χ1) is 18.8. The number of nitrogens with one attached hydrogen (secondary N) is 3. The van der Waals surface area contributed by atoms with Crippen molar-refractivity contribution in [3.63, 3.8) is 0 Å². The average molecular weight is 599 g/mol. The summed E-state index contributed by atoms with van der Waals surface area (Å²) >= 11 is 0. The molecule has 41 heavy (non-hydrogen) atoms. The Morgan fingerprint density at radius 3 is 2.05 bits per heavy atom. The molecule has 13 heteroatoms. The Morgan fingerprint density at radius 1 is 0.976 bits per heavy atom. The number of hydrogen-bond acceptors (Lipinski definition) is 6. The number of nitrogens with two attached hydrogens (primary N) is 1. The Balaban J connectivity index is 3.22. The third-order valence-corrected chi connectivity index (χ3v) is 8.10. The highest BCUT2D eigenvalue weighted by molar-refractivity contribution is 7.46. The molecular weight excluding hydrogens is 551 g/mol. The molecule has 0 bridgehead atoms. The van der Waals surface area contributed by atoms with Gasteiger partial charge in [-0.3, -0.25) is 29.0 Å². The summed E-state index contributed by atoms with van der Waals surface area (Å²) in [7, 11) is -4.73. The van der Waals surface area contributed by atoms with Crippen LogP contribution >= 0.6 is 7.82 Å². The van der Waals surface area contributed by atoms with Crippen LogP contribution in [0.1, 0.15) is 86.1 Å². The van der Waals surface area contributed by atoms with E-state index in [-0.39, 0.29) is 30.4 Å². The summed E-state index contributed by atoms with van der Waals surface area (Å²) in [5.74, 6) is -2.29. The first kappa shape index (κ1) is 36.1. The van der Waals surface area contributed by atoms with E-state index in [2.05, 4.69) is 20.5 Å². The van der Waals surface area contributed by atoms with Crippen LogP contribution in [0.25, 0.3) is 0 Å². The summed E-state index contributed by atoms with van der Waals surface area (Å²) in [6, 6.07) is 3.76. The monoisotopic (exact) mass is 598 g/mol. The number of primary amides is 1. The second kappa shape index (κ2) is 15.3. The minimum atomic E-state index is -4.73. The molecule has 0 aliphatic carbocycles. The standard InChI is InChI=1S/C28H47N4O8P/c1-8-10-11-12-22(33)30-21(17-19-13-15-20(16-14-19)40-41(37,38)39)24(34)31-23(18(3)9-2)25(35)32-28(6,7)27(4,5)26(29)36/h13-16,18,21,23H,8-12,17H2,1-7H3,(H2,29,36)(H,30,33)(H,31,34)(H,32,35)(H2,37,38,39). The van der Waals surface area contributed by atoms with Gasteiger partial charge in [0.05, 0.1) is 5.41 Å². The van der Waals surface area contributed by atoms with Crippen molar-refractivity contribution in [1.82, 2.24) is 16.0 Å². The number of amides is 4. The van der Waals surface area contributed by atoms with Gasteiger partial charge >= 0.3 is 7.82 Å². The largest absolute Gasteiger partial charge is 0.524 e. The first-order valence-corrected chi connectivity index (χ1v) is 15.4. The van der Waals surface area contributed by atoms with E-state index in [9.17, 15) is 23.7 Å². The lowest BCUT2D eigenvalue weighted by atomic mass is 9.73. The molecule has 0 radical (unpaired) electrons. The Kier molecular flexibility index (Phi) is 13.5. The van der Waals surface area contributed by atoms with Gasteiger partial charge in [0.1, 0.15) is 17.8 Å². The maximum absolute atomic E-state index is 13.6. The van der Waals surface area contributed by atoms with Gasteiger partial charge in [-0.25, -0.2) is 4.57 Å². The molecule has 0 saturated carbocycles. The van der Waals surface area contributed by atoms with Crippen LogP contribution < -0.4 is 26.2 Å². The van der Waals surface area contributed by atoms with Gasteiger partial charge in [0.25, 0.3) is 0 Å². The van der Waals surface area contributed by atoms with Crippen LogP contribution in [-0.2, 0) is 30.2 Å². The maximum Gasteiger partial charge on any atom is 0.524 e. The predicted molar refractivity (Wildman–Crippen MR) is 155 cm³/mol. The van der Waals surface area contributed by atoms with Gasteiger partial charge in [0.2, 0.25) is 23.6 Å². The van der Waals surface area contributed by atoms with Crippen molar-refractivity contribution in [3.05, 3.63) is 29.8 Å². The van der Waals surface area contributed by atoms with Crippen molar-refractivity contribution in [2.75, 3.05) is 0 Å². The summed E-state index contributed by atoms with van der Waals surface area (Å²) in [5.41, 5.74) is 4.04. The Bertz CT molecular complexity index is 1100. The Morgan fingerprint density at radius 2 is 1.56 bits per heavy atom. The fourth-order valence-corrected chi connectivity index (χ4v) is 4.27. The van der Waals surface area contributed by atoms with Crippen molar-refractivity contribution in [2.45, 2.75) is 105 Å². The van der Waals surface area contributed by atoms with E-state index in [0.29, 0.717) is 18.4 Å². The van der Waals surface area contributed by atoms with Gasteiger partial charge in [-0.15, -0.1) is 0 Å². The normalized spacial score (nSPS) is 14.4. The zero-order valence-corrected chi connectivity index (χ0v) is 26.0. The van der Waals surface area contributed by atoms with Crippen molar-refractivity contribution in [2.24, 2.45) is 17.1 Å². The second-order valence-corrected chi connectivity index (χ2v) is 12.6.